The van der Waals surface area contributed by atoms with Crippen LogP contribution in [-0.2, 0) is 25.6 Å². The fourth-order valence-electron chi connectivity index (χ4n) is 3.85. The van der Waals surface area contributed by atoms with E-state index in [4.69, 9.17) is 22.9 Å². The van der Waals surface area contributed by atoms with Gasteiger partial charge in [-0.05, 0) is 68.8 Å². The molecule has 0 fully saturated rings. The van der Waals surface area contributed by atoms with Crippen molar-refractivity contribution in [1.29, 1.82) is 0 Å². The fourth-order valence-corrected chi connectivity index (χ4v) is 3.85. The molecule has 0 unspecified atom stereocenters. The molecule has 0 aromatic heterocycles. The maximum absolute atomic E-state index is 13.3. The predicted octanol–water partition coefficient (Wildman–Crippen LogP) is -0.884. The minimum absolute atomic E-state index is 0.0536. The van der Waals surface area contributed by atoms with E-state index in [0.29, 0.717) is 50.8 Å². The third-order valence-electron chi connectivity index (χ3n) is 6.17. The quantitative estimate of drug-likeness (QED) is 0.110. The number of hydrogen-bond acceptors (Lipinski definition) is 8. The van der Waals surface area contributed by atoms with Gasteiger partial charge in [0.05, 0.1) is 6.04 Å². The Balaban J connectivity index is 3.10. The van der Waals surface area contributed by atoms with Crippen molar-refractivity contribution in [3.8, 4) is 5.75 Å². The standard InChI is InChI=1S/C26H45N7O5/c1-16(2)22(23(30)35)33-26(38)21(15-17-9-11-18(34)12-10-17)32-25(37)20(8-4-6-14-28)31-24(36)19(29)7-3-5-13-27/h9-12,16,19-22,34H,3-8,13-15,27-29H2,1-2H3,(H2,30,35)(H,31,36)(H,32,37)(H,33,38)/t19-,20-,21-,22-/m0/s1. The molecule has 1 rings (SSSR count). The number of aromatic hydroxyl groups is 1. The Bertz CT molecular complexity index is 894. The maximum atomic E-state index is 13.3. The van der Waals surface area contributed by atoms with Crippen molar-refractivity contribution in [1.82, 2.24) is 16.0 Å². The molecule has 0 aliphatic heterocycles. The minimum atomic E-state index is -1.08. The predicted molar refractivity (Wildman–Crippen MR) is 145 cm³/mol. The molecule has 0 aliphatic carbocycles. The highest BCUT2D eigenvalue weighted by atomic mass is 16.3. The van der Waals surface area contributed by atoms with Crippen molar-refractivity contribution in [3.63, 3.8) is 0 Å². The van der Waals surface area contributed by atoms with E-state index in [-0.39, 0.29) is 18.1 Å². The lowest BCUT2D eigenvalue weighted by Gasteiger charge is -2.26. The van der Waals surface area contributed by atoms with E-state index in [0.717, 1.165) is 6.42 Å². The lowest BCUT2D eigenvalue weighted by Crippen LogP contribution is -2.58. The summed E-state index contributed by atoms with van der Waals surface area (Å²) in [4.78, 5) is 51.1. The largest absolute Gasteiger partial charge is 0.508 e. The molecular weight excluding hydrogens is 490 g/mol. The van der Waals surface area contributed by atoms with E-state index in [2.05, 4.69) is 16.0 Å². The number of nitrogens with two attached hydrogens (primary N) is 4. The van der Waals surface area contributed by atoms with Crippen LogP contribution in [-0.4, -0.2) is 66.0 Å². The number of carbonyl (C=O) groups excluding carboxylic acids is 4. The zero-order valence-corrected chi connectivity index (χ0v) is 22.4. The van der Waals surface area contributed by atoms with Gasteiger partial charge in [-0.25, -0.2) is 0 Å². The summed E-state index contributed by atoms with van der Waals surface area (Å²) in [5.74, 6) is -2.55. The van der Waals surface area contributed by atoms with Crippen molar-refractivity contribution in [2.45, 2.75) is 83.0 Å². The number of carbonyl (C=O) groups is 4. The smallest absolute Gasteiger partial charge is 0.243 e. The normalized spacial score (nSPS) is 14.3. The molecule has 1 aromatic rings. The average Bonchev–Trinajstić information content (AvgIpc) is 2.86. The van der Waals surface area contributed by atoms with Gasteiger partial charge in [0.2, 0.25) is 23.6 Å². The van der Waals surface area contributed by atoms with Crippen LogP contribution in [0.2, 0.25) is 0 Å². The molecule has 1 aromatic carbocycles. The van der Waals surface area contributed by atoms with Crippen LogP contribution in [0.1, 0.15) is 57.9 Å². The molecule has 38 heavy (non-hydrogen) atoms. The van der Waals surface area contributed by atoms with Crippen molar-refractivity contribution in [2.75, 3.05) is 13.1 Å². The number of benzene rings is 1. The molecule has 0 radical (unpaired) electrons. The summed E-state index contributed by atoms with van der Waals surface area (Å²) in [6, 6.07) is 2.41. The number of amides is 4. The van der Waals surface area contributed by atoms with Gasteiger partial charge in [0, 0.05) is 6.42 Å². The van der Waals surface area contributed by atoms with Gasteiger partial charge >= 0.3 is 0 Å². The van der Waals surface area contributed by atoms with E-state index >= 15 is 0 Å². The van der Waals surface area contributed by atoms with Crippen LogP contribution in [0, 0.1) is 5.92 Å². The first-order valence-electron chi connectivity index (χ1n) is 13.1. The summed E-state index contributed by atoms with van der Waals surface area (Å²) in [6.45, 7) is 4.40. The molecule has 214 valence electrons. The van der Waals surface area contributed by atoms with Crippen molar-refractivity contribution in [2.24, 2.45) is 28.9 Å². The number of nitrogens with one attached hydrogen (secondary N) is 3. The van der Waals surface area contributed by atoms with Gasteiger partial charge in [0.1, 0.15) is 23.9 Å². The van der Waals surface area contributed by atoms with Gasteiger partial charge in [0.15, 0.2) is 0 Å². The third kappa shape index (κ3) is 11.9. The van der Waals surface area contributed by atoms with Crippen LogP contribution < -0.4 is 38.9 Å². The molecule has 0 aliphatic rings. The van der Waals surface area contributed by atoms with Gasteiger partial charge < -0.3 is 44.0 Å². The average molecular weight is 536 g/mol. The number of rotatable bonds is 18. The molecule has 12 nitrogen and oxygen atoms in total. The highest BCUT2D eigenvalue weighted by molar-refractivity contribution is 5.94. The highest BCUT2D eigenvalue weighted by Crippen LogP contribution is 2.13. The van der Waals surface area contributed by atoms with E-state index in [1.807, 2.05) is 0 Å². The number of phenols is 1. The Labute approximate surface area is 224 Å². The highest BCUT2D eigenvalue weighted by Gasteiger charge is 2.30. The van der Waals surface area contributed by atoms with Crippen molar-refractivity contribution < 1.29 is 24.3 Å². The molecule has 12 N–H and O–H groups in total. The number of hydrogen-bond donors (Lipinski definition) is 8. The van der Waals surface area contributed by atoms with Crippen LogP contribution in [0.5, 0.6) is 5.75 Å². The molecule has 0 heterocycles. The summed E-state index contributed by atoms with van der Waals surface area (Å²) in [7, 11) is 0. The van der Waals surface area contributed by atoms with Gasteiger partial charge in [-0.15, -0.1) is 0 Å². The van der Waals surface area contributed by atoms with Gasteiger partial charge in [-0.1, -0.05) is 32.4 Å². The topological polar surface area (TPSA) is 229 Å². The number of primary amides is 1. The van der Waals surface area contributed by atoms with Gasteiger partial charge in [-0.2, -0.15) is 0 Å². The Hall–Kier alpha value is -3.22. The fraction of sp³-hybridized carbons (Fsp3) is 0.615. The number of phenolic OH excluding ortho intramolecular Hbond substituents is 1. The molecule has 0 saturated heterocycles. The van der Waals surface area contributed by atoms with Crippen molar-refractivity contribution in [3.05, 3.63) is 29.8 Å². The van der Waals surface area contributed by atoms with E-state index < -0.39 is 47.8 Å². The van der Waals surface area contributed by atoms with Crippen LogP contribution >= 0.6 is 0 Å². The second kappa shape index (κ2) is 17.3. The van der Waals surface area contributed by atoms with Crippen LogP contribution in [0.25, 0.3) is 0 Å². The Morgan fingerprint density at radius 2 is 1.32 bits per heavy atom. The van der Waals surface area contributed by atoms with E-state index in [1.165, 1.54) is 12.1 Å². The van der Waals surface area contributed by atoms with Crippen LogP contribution in [0.15, 0.2) is 24.3 Å². The van der Waals surface area contributed by atoms with Gasteiger partial charge in [0.25, 0.3) is 0 Å². The molecule has 12 heteroatoms. The first-order valence-corrected chi connectivity index (χ1v) is 13.1. The second-order valence-corrected chi connectivity index (χ2v) is 9.80. The zero-order chi connectivity index (χ0) is 28.7. The first kappa shape index (κ1) is 32.8. The summed E-state index contributed by atoms with van der Waals surface area (Å²) < 4.78 is 0. The molecule has 0 bridgehead atoms. The monoisotopic (exact) mass is 535 g/mol. The molecule has 4 amide bonds. The van der Waals surface area contributed by atoms with Crippen molar-refractivity contribution >= 4 is 23.6 Å². The zero-order valence-electron chi connectivity index (χ0n) is 22.4. The SMILES string of the molecule is CC(C)[C@H](NC(=O)[C@H](Cc1ccc(O)cc1)NC(=O)[C@H](CCCCN)NC(=O)[C@@H](N)CCCCN)C(N)=O. The lowest BCUT2D eigenvalue weighted by molar-refractivity contribution is -0.134. The first-order chi connectivity index (χ1) is 18.0. The third-order valence-corrected chi connectivity index (χ3v) is 6.17. The van der Waals surface area contributed by atoms with E-state index in [9.17, 15) is 24.3 Å². The number of unbranched alkanes of at least 4 members (excludes halogenated alkanes) is 2. The molecular formula is C26H45N7O5. The Morgan fingerprint density at radius 3 is 1.84 bits per heavy atom. The second-order valence-electron chi connectivity index (χ2n) is 9.80. The maximum Gasteiger partial charge on any atom is 0.243 e. The Kier molecular flexibility index (Phi) is 15.0. The van der Waals surface area contributed by atoms with Gasteiger partial charge in [-0.3, -0.25) is 19.2 Å². The molecule has 4 atom stereocenters. The van der Waals surface area contributed by atoms with Crippen LogP contribution in [0.4, 0.5) is 0 Å². The summed E-state index contributed by atoms with van der Waals surface area (Å²) in [6.07, 6.45) is 3.43. The summed E-state index contributed by atoms with van der Waals surface area (Å²) in [5.41, 5.74) is 23.2. The summed E-state index contributed by atoms with van der Waals surface area (Å²) >= 11 is 0. The lowest BCUT2D eigenvalue weighted by atomic mass is 10.0. The minimum Gasteiger partial charge on any atom is -0.508 e. The van der Waals surface area contributed by atoms with Crippen LogP contribution in [0.3, 0.4) is 0 Å². The molecule has 0 saturated carbocycles. The Morgan fingerprint density at radius 1 is 0.789 bits per heavy atom. The summed E-state index contributed by atoms with van der Waals surface area (Å²) in [5, 5.41) is 17.6. The van der Waals surface area contributed by atoms with E-state index in [1.54, 1.807) is 26.0 Å². The molecule has 0 spiro atoms.